The molecule has 1 aliphatic rings. The molecule has 178 valence electrons. The van der Waals surface area contributed by atoms with Crippen LogP contribution in [0, 0.1) is 0 Å². The lowest BCUT2D eigenvalue weighted by atomic mass is 9.85. The van der Waals surface area contributed by atoms with E-state index in [4.69, 9.17) is 23.2 Å². The maximum absolute atomic E-state index is 13.5. The number of fused-ring (bicyclic) bond motifs is 1. The number of carbonyl (C=O) groups excluding carboxylic acids is 2. The molecular weight excluding hydrogens is 487 g/mol. The lowest BCUT2D eigenvalue weighted by molar-refractivity contribution is 0.0671. The minimum atomic E-state index is -0.284. The Balaban J connectivity index is 1.40. The van der Waals surface area contributed by atoms with Gasteiger partial charge in [0.05, 0.1) is 22.3 Å². The second kappa shape index (κ2) is 9.64. The molecule has 0 radical (unpaired) electrons. The van der Waals surface area contributed by atoms with E-state index in [-0.39, 0.29) is 28.9 Å². The van der Waals surface area contributed by atoms with Gasteiger partial charge >= 0.3 is 0 Å². The first-order chi connectivity index (χ1) is 16.9. The van der Waals surface area contributed by atoms with Crippen LogP contribution >= 0.6 is 23.2 Å². The molecule has 2 aromatic heterocycles. The van der Waals surface area contributed by atoms with E-state index in [9.17, 15) is 9.59 Å². The van der Waals surface area contributed by atoms with Crippen LogP contribution in [0.1, 0.15) is 38.6 Å². The molecule has 3 heterocycles. The summed E-state index contributed by atoms with van der Waals surface area (Å²) in [6.45, 7) is 0.911. The molecule has 8 nitrogen and oxygen atoms in total. The number of aromatic nitrogens is 4. The van der Waals surface area contributed by atoms with E-state index in [0.29, 0.717) is 46.7 Å². The Morgan fingerprint density at radius 2 is 1.86 bits per heavy atom. The maximum Gasteiger partial charge on any atom is 0.256 e. The fraction of sp³-hybridized carbons (Fsp3) is 0.240. The van der Waals surface area contributed by atoms with Gasteiger partial charge in [-0.05, 0) is 24.1 Å². The highest BCUT2D eigenvalue weighted by Crippen LogP contribution is 2.30. The molecule has 2 amide bonds. The van der Waals surface area contributed by atoms with E-state index >= 15 is 0 Å². The fourth-order valence-corrected chi connectivity index (χ4v) is 4.95. The van der Waals surface area contributed by atoms with Gasteiger partial charge < -0.3 is 10.2 Å². The summed E-state index contributed by atoms with van der Waals surface area (Å²) in [5, 5.41) is 7.84. The first kappa shape index (κ1) is 23.3. The molecule has 10 heteroatoms. The van der Waals surface area contributed by atoms with Crippen molar-refractivity contribution in [1.29, 1.82) is 0 Å². The topological polar surface area (TPSA) is 93.0 Å². The van der Waals surface area contributed by atoms with Crippen LogP contribution in [0.3, 0.4) is 0 Å². The third-order valence-corrected chi connectivity index (χ3v) is 7.07. The summed E-state index contributed by atoms with van der Waals surface area (Å²) in [6, 6.07) is 13.0. The predicted molar refractivity (Wildman–Crippen MR) is 134 cm³/mol. The van der Waals surface area contributed by atoms with Crippen LogP contribution in [0.25, 0.3) is 11.0 Å². The first-order valence-corrected chi connectivity index (χ1v) is 11.9. The van der Waals surface area contributed by atoms with Crippen molar-refractivity contribution in [3.8, 4) is 0 Å². The molecule has 2 atom stereocenters. The van der Waals surface area contributed by atoms with Gasteiger partial charge in [0, 0.05) is 50.1 Å². The zero-order chi connectivity index (χ0) is 24.5. The van der Waals surface area contributed by atoms with E-state index in [1.165, 1.54) is 10.9 Å². The molecule has 1 N–H and O–H groups in total. The van der Waals surface area contributed by atoms with Crippen molar-refractivity contribution in [2.75, 3.05) is 13.1 Å². The number of nitrogens with zero attached hydrogens (tertiary/aromatic N) is 5. The lowest BCUT2D eigenvalue weighted by Crippen LogP contribution is -2.51. The number of halogens is 2. The van der Waals surface area contributed by atoms with Gasteiger partial charge in [0.1, 0.15) is 10.7 Å². The molecule has 1 aliphatic heterocycles. The van der Waals surface area contributed by atoms with Crippen molar-refractivity contribution in [1.82, 2.24) is 30.0 Å². The van der Waals surface area contributed by atoms with Crippen LogP contribution in [0.5, 0.6) is 0 Å². The molecule has 1 saturated heterocycles. The predicted octanol–water partition coefficient (Wildman–Crippen LogP) is 4.10. The van der Waals surface area contributed by atoms with E-state index < -0.39 is 0 Å². The molecule has 35 heavy (non-hydrogen) atoms. The normalized spacial score (nSPS) is 18.0. The molecule has 2 aromatic carbocycles. The Hall–Kier alpha value is -3.49. The van der Waals surface area contributed by atoms with Crippen LogP contribution in [0.4, 0.5) is 0 Å². The quantitative estimate of drug-likeness (QED) is 0.447. The monoisotopic (exact) mass is 508 g/mol. The van der Waals surface area contributed by atoms with Crippen molar-refractivity contribution < 1.29 is 9.59 Å². The van der Waals surface area contributed by atoms with Gasteiger partial charge in [-0.2, -0.15) is 5.10 Å². The minimum Gasteiger partial charge on any atom is -0.348 e. The van der Waals surface area contributed by atoms with Gasteiger partial charge in [0.25, 0.3) is 11.8 Å². The second-order valence-corrected chi connectivity index (χ2v) is 9.26. The maximum atomic E-state index is 13.5. The number of benzene rings is 2. The summed E-state index contributed by atoms with van der Waals surface area (Å²) in [6.07, 6.45) is 5.18. The SMILES string of the molecule is Cn1ncc(C(=O)N[C@@H]2CCN(C(=O)c3cc(Cl)c4nccnc4c3)C[C@@H]2c2ccccc2)c1Cl. The van der Waals surface area contributed by atoms with Crippen LogP contribution in [0.2, 0.25) is 10.2 Å². The second-order valence-electron chi connectivity index (χ2n) is 8.49. The number of hydrogen-bond acceptors (Lipinski definition) is 5. The lowest BCUT2D eigenvalue weighted by Gasteiger charge is -2.39. The smallest absolute Gasteiger partial charge is 0.256 e. The number of carbonyl (C=O) groups is 2. The average Bonchev–Trinajstić information content (AvgIpc) is 3.22. The number of aryl methyl sites for hydroxylation is 1. The van der Waals surface area contributed by atoms with Crippen LogP contribution in [0.15, 0.2) is 61.1 Å². The van der Waals surface area contributed by atoms with E-state index in [1.807, 2.05) is 30.3 Å². The summed E-state index contributed by atoms with van der Waals surface area (Å²) in [4.78, 5) is 36.8. The van der Waals surface area contributed by atoms with Gasteiger partial charge in [-0.15, -0.1) is 0 Å². The number of nitrogens with one attached hydrogen (secondary N) is 1. The standard InChI is InChI=1S/C25H22Cl2N6O2/c1-32-23(27)17(13-30-32)24(34)31-20-7-10-33(14-18(20)15-5-3-2-4-6-15)25(35)16-11-19(26)22-21(12-16)28-8-9-29-22/h2-6,8-9,11-13,18,20H,7,10,14H2,1H3,(H,31,34)/t18-,20-/m1/s1. The fourth-order valence-electron chi connectivity index (χ4n) is 4.51. The highest BCUT2D eigenvalue weighted by atomic mass is 35.5. The highest BCUT2D eigenvalue weighted by molar-refractivity contribution is 6.35. The van der Waals surface area contributed by atoms with Crippen molar-refractivity contribution >= 4 is 46.0 Å². The van der Waals surface area contributed by atoms with Crippen molar-refractivity contribution in [2.24, 2.45) is 7.05 Å². The van der Waals surface area contributed by atoms with Gasteiger partial charge in [-0.25, -0.2) is 0 Å². The molecule has 0 unspecified atom stereocenters. The molecular formula is C25H22Cl2N6O2. The zero-order valence-corrected chi connectivity index (χ0v) is 20.4. The summed E-state index contributed by atoms with van der Waals surface area (Å²) >= 11 is 12.6. The van der Waals surface area contributed by atoms with E-state index in [2.05, 4.69) is 20.4 Å². The average molecular weight is 509 g/mol. The van der Waals surface area contributed by atoms with Gasteiger partial charge in [-0.1, -0.05) is 53.5 Å². The molecule has 0 spiro atoms. The number of amides is 2. The number of rotatable bonds is 4. The van der Waals surface area contributed by atoms with Gasteiger partial charge in [0.2, 0.25) is 0 Å². The van der Waals surface area contributed by atoms with Gasteiger partial charge in [-0.3, -0.25) is 24.2 Å². The number of likely N-dealkylation sites (tertiary alicyclic amines) is 1. The van der Waals surface area contributed by atoms with Crippen LogP contribution in [-0.2, 0) is 7.05 Å². The Morgan fingerprint density at radius 1 is 1.09 bits per heavy atom. The first-order valence-electron chi connectivity index (χ1n) is 11.1. The minimum absolute atomic E-state index is 0.107. The number of piperidine rings is 1. The molecule has 0 saturated carbocycles. The third-order valence-electron chi connectivity index (χ3n) is 6.33. The van der Waals surface area contributed by atoms with Crippen molar-refractivity contribution in [2.45, 2.75) is 18.4 Å². The van der Waals surface area contributed by atoms with E-state index in [1.54, 1.807) is 36.5 Å². The molecule has 5 rings (SSSR count). The Kier molecular flexibility index (Phi) is 6.40. The van der Waals surface area contributed by atoms with Crippen molar-refractivity contribution in [3.05, 3.63) is 87.9 Å². The third kappa shape index (κ3) is 4.59. The van der Waals surface area contributed by atoms with Crippen LogP contribution in [-0.4, -0.2) is 55.6 Å². The van der Waals surface area contributed by atoms with Gasteiger partial charge in [0.15, 0.2) is 0 Å². The summed E-state index contributed by atoms with van der Waals surface area (Å²) in [5.41, 5.74) is 2.95. The van der Waals surface area contributed by atoms with E-state index in [0.717, 1.165) is 5.56 Å². The summed E-state index contributed by atoms with van der Waals surface area (Å²) in [7, 11) is 1.68. The summed E-state index contributed by atoms with van der Waals surface area (Å²) in [5.74, 6) is -0.529. The Labute approximate surface area is 211 Å². The zero-order valence-electron chi connectivity index (χ0n) is 18.9. The molecule has 1 fully saturated rings. The highest BCUT2D eigenvalue weighted by Gasteiger charge is 2.34. The summed E-state index contributed by atoms with van der Waals surface area (Å²) < 4.78 is 1.45. The molecule has 4 aromatic rings. The van der Waals surface area contributed by atoms with Crippen LogP contribution < -0.4 is 5.32 Å². The Bertz CT molecular complexity index is 1410. The molecule has 0 bridgehead atoms. The molecule has 0 aliphatic carbocycles. The number of hydrogen-bond donors (Lipinski definition) is 1. The largest absolute Gasteiger partial charge is 0.348 e. The Morgan fingerprint density at radius 3 is 2.60 bits per heavy atom. The van der Waals surface area contributed by atoms with Crippen molar-refractivity contribution in [3.63, 3.8) is 0 Å².